The number of aromatic carboxylic acids is 1. The molecule has 0 aliphatic carbocycles. The number of benzene rings is 1. The molecule has 4 nitrogen and oxygen atoms in total. The van der Waals surface area contributed by atoms with Crippen LogP contribution in [0, 0.1) is 0 Å². The van der Waals surface area contributed by atoms with Gasteiger partial charge in [-0.2, -0.15) is 0 Å². The molecule has 2 heterocycles. The van der Waals surface area contributed by atoms with Gasteiger partial charge in [-0.1, -0.05) is 17.8 Å². The highest BCUT2D eigenvalue weighted by molar-refractivity contribution is 9.10. The Morgan fingerprint density at radius 1 is 1.19 bits per heavy atom. The van der Waals surface area contributed by atoms with Gasteiger partial charge >= 0.3 is 5.97 Å². The monoisotopic (exact) mass is 360 g/mol. The number of hydrogen-bond acceptors (Lipinski definition) is 4. The lowest BCUT2D eigenvalue weighted by Gasteiger charge is -2.06. The number of hydrogen-bond donors (Lipinski definition) is 1. The van der Waals surface area contributed by atoms with Crippen molar-refractivity contribution < 1.29 is 9.90 Å². The Kier molecular flexibility index (Phi) is 3.90. The molecule has 0 unspecified atom stereocenters. The van der Waals surface area contributed by atoms with E-state index in [9.17, 15) is 4.79 Å². The third kappa shape index (κ3) is 3.06. The maximum absolute atomic E-state index is 11.0. The summed E-state index contributed by atoms with van der Waals surface area (Å²) in [6.07, 6.45) is 3.45. The largest absolute Gasteiger partial charge is 0.478 e. The van der Waals surface area contributed by atoms with Gasteiger partial charge in [0.15, 0.2) is 0 Å². The van der Waals surface area contributed by atoms with E-state index in [4.69, 9.17) is 5.11 Å². The highest BCUT2D eigenvalue weighted by Gasteiger charge is 2.08. The van der Waals surface area contributed by atoms with Crippen LogP contribution in [-0.4, -0.2) is 21.0 Å². The van der Waals surface area contributed by atoms with E-state index in [1.54, 1.807) is 30.6 Å². The maximum atomic E-state index is 11.0. The molecule has 0 aliphatic heterocycles. The molecule has 0 aliphatic rings. The fourth-order valence-corrected chi connectivity index (χ4v) is 3.17. The summed E-state index contributed by atoms with van der Waals surface area (Å²) in [7, 11) is 0. The fraction of sp³-hybridized carbons (Fsp3) is 0. The average Bonchev–Trinajstić information content (AvgIpc) is 2.47. The summed E-state index contributed by atoms with van der Waals surface area (Å²) in [6, 6.07) is 10.6. The molecule has 1 N–H and O–H groups in total. The second kappa shape index (κ2) is 5.83. The van der Waals surface area contributed by atoms with E-state index in [1.165, 1.54) is 11.8 Å². The predicted molar refractivity (Wildman–Crippen MR) is 84.8 cm³/mol. The minimum Gasteiger partial charge on any atom is -0.478 e. The Morgan fingerprint density at radius 2 is 2.05 bits per heavy atom. The first-order valence-electron chi connectivity index (χ1n) is 6.05. The van der Waals surface area contributed by atoms with Crippen molar-refractivity contribution in [2.24, 2.45) is 0 Å². The van der Waals surface area contributed by atoms with Crippen LogP contribution >= 0.6 is 27.7 Å². The number of carboxylic acid groups (broad SMARTS) is 1. The maximum Gasteiger partial charge on any atom is 0.335 e. The van der Waals surface area contributed by atoms with Crippen LogP contribution in [-0.2, 0) is 0 Å². The normalized spacial score (nSPS) is 10.7. The molecule has 0 bridgehead atoms. The van der Waals surface area contributed by atoms with Crippen molar-refractivity contribution in [1.29, 1.82) is 0 Å². The number of carbonyl (C=O) groups is 1. The first-order chi connectivity index (χ1) is 10.1. The molecule has 3 aromatic rings. The minimum atomic E-state index is -0.931. The lowest BCUT2D eigenvalue weighted by Crippen LogP contribution is -1.95. The molecule has 0 saturated carbocycles. The van der Waals surface area contributed by atoms with E-state index in [-0.39, 0.29) is 5.56 Å². The zero-order valence-electron chi connectivity index (χ0n) is 10.7. The van der Waals surface area contributed by atoms with Crippen LogP contribution < -0.4 is 0 Å². The van der Waals surface area contributed by atoms with Crippen LogP contribution in [0.15, 0.2) is 63.1 Å². The molecule has 1 aromatic carbocycles. The number of nitrogens with zero attached hydrogens (tertiary/aromatic N) is 2. The van der Waals surface area contributed by atoms with Crippen LogP contribution in [0.1, 0.15) is 10.4 Å². The predicted octanol–water partition coefficient (Wildman–Crippen LogP) is 4.24. The van der Waals surface area contributed by atoms with Gasteiger partial charge in [-0.15, -0.1) is 0 Å². The van der Waals surface area contributed by atoms with Crippen molar-refractivity contribution in [3.05, 3.63) is 58.8 Å². The van der Waals surface area contributed by atoms with E-state index in [1.807, 2.05) is 18.2 Å². The highest BCUT2D eigenvalue weighted by Crippen LogP contribution is 2.32. The van der Waals surface area contributed by atoms with Crippen LogP contribution in [0.5, 0.6) is 0 Å². The van der Waals surface area contributed by atoms with Gasteiger partial charge in [0.05, 0.1) is 11.1 Å². The first kappa shape index (κ1) is 14.0. The Morgan fingerprint density at radius 3 is 2.86 bits per heavy atom. The Labute approximate surface area is 133 Å². The van der Waals surface area contributed by atoms with Crippen molar-refractivity contribution in [2.45, 2.75) is 9.79 Å². The summed E-state index contributed by atoms with van der Waals surface area (Å²) < 4.78 is 0.873. The van der Waals surface area contributed by atoms with E-state index in [2.05, 4.69) is 25.9 Å². The standard InChI is InChI=1S/C15H9BrN2O2S/c16-10-7-12-14(18-8-10)13(4-5-17-12)21-11-3-1-2-9(6-11)15(19)20/h1-8H,(H,19,20). The average molecular weight is 361 g/mol. The summed E-state index contributed by atoms with van der Waals surface area (Å²) in [6.45, 7) is 0. The summed E-state index contributed by atoms with van der Waals surface area (Å²) in [5, 5.41) is 9.04. The summed E-state index contributed by atoms with van der Waals surface area (Å²) in [4.78, 5) is 21.5. The van der Waals surface area contributed by atoms with Crippen LogP contribution in [0.2, 0.25) is 0 Å². The lowest BCUT2D eigenvalue weighted by molar-refractivity contribution is 0.0696. The highest BCUT2D eigenvalue weighted by atomic mass is 79.9. The zero-order chi connectivity index (χ0) is 14.8. The molecule has 21 heavy (non-hydrogen) atoms. The van der Waals surface area contributed by atoms with Crippen LogP contribution in [0.4, 0.5) is 0 Å². The van der Waals surface area contributed by atoms with Gasteiger partial charge < -0.3 is 5.11 Å². The molecular weight excluding hydrogens is 352 g/mol. The second-order valence-corrected chi connectivity index (χ2v) is 6.30. The summed E-state index contributed by atoms with van der Waals surface area (Å²) in [5.74, 6) is -0.931. The van der Waals surface area contributed by atoms with Gasteiger partial charge in [-0.25, -0.2) is 4.79 Å². The number of aromatic nitrogens is 2. The van der Waals surface area contributed by atoms with Crippen LogP contribution in [0.25, 0.3) is 11.0 Å². The van der Waals surface area contributed by atoms with Gasteiger partial charge in [-0.05, 0) is 46.3 Å². The van der Waals surface area contributed by atoms with Gasteiger partial charge in [0.2, 0.25) is 0 Å². The van der Waals surface area contributed by atoms with Gasteiger partial charge in [0.1, 0.15) is 5.52 Å². The van der Waals surface area contributed by atoms with Crippen molar-refractivity contribution in [3.63, 3.8) is 0 Å². The molecular formula is C15H9BrN2O2S. The number of halogens is 1. The van der Waals surface area contributed by atoms with E-state index in [0.29, 0.717) is 0 Å². The molecule has 0 atom stereocenters. The van der Waals surface area contributed by atoms with Crippen LogP contribution in [0.3, 0.4) is 0 Å². The van der Waals surface area contributed by atoms with E-state index < -0.39 is 5.97 Å². The van der Waals surface area contributed by atoms with E-state index >= 15 is 0 Å². The smallest absolute Gasteiger partial charge is 0.335 e. The Hall–Kier alpha value is -1.92. The summed E-state index contributed by atoms with van der Waals surface area (Å²) in [5.41, 5.74) is 1.87. The van der Waals surface area contributed by atoms with Gasteiger partial charge in [0, 0.05) is 26.7 Å². The summed E-state index contributed by atoms with van der Waals surface area (Å²) >= 11 is 4.85. The second-order valence-electron chi connectivity index (χ2n) is 4.27. The third-order valence-electron chi connectivity index (χ3n) is 2.82. The zero-order valence-corrected chi connectivity index (χ0v) is 13.1. The van der Waals surface area contributed by atoms with Crippen molar-refractivity contribution in [3.8, 4) is 0 Å². The Balaban J connectivity index is 2.02. The quantitative estimate of drug-likeness (QED) is 0.756. The molecule has 0 fully saturated rings. The van der Waals surface area contributed by atoms with E-state index in [0.717, 1.165) is 25.3 Å². The number of carboxylic acids is 1. The fourth-order valence-electron chi connectivity index (χ4n) is 1.88. The van der Waals surface area contributed by atoms with Crippen molar-refractivity contribution in [1.82, 2.24) is 9.97 Å². The SMILES string of the molecule is O=C(O)c1cccc(Sc2ccnc3cc(Br)cnc23)c1. The number of fused-ring (bicyclic) bond motifs is 1. The molecule has 0 spiro atoms. The Bertz CT molecular complexity index is 839. The topological polar surface area (TPSA) is 63.1 Å². The molecule has 0 radical (unpaired) electrons. The lowest BCUT2D eigenvalue weighted by atomic mass is 10.2. The van der Waals surface area contributed by atoms with Gasteiger partial charge in [0.25, 0.3) is 0 Å². The van der Waals surface area contributed by atoms with Crippen molar-refractivity contribution in [2.75, 3.05) is 0 Å². The van der Waals surface area contributed by atoms with Gasteiger partial charge in [-0.3, -0.25) is 9.97 Å². The number of pyridine rings is 2. The molecule has 0 saturated heterocycles. The third-order valence-corrected chi connectivity index (χ3v) is 4.29. The van der Waals surface area contributed by atoms with Crippen molar-refractivity contribution >= 4 is 44.7 Å². The molecule has 6 heteroatoms. The first-order valence-corrected chi connectivity index (χ1v) is 7.66. The molecule has 3 rings (SSSR count). The minimum absolute atomic E-state index is 0.272. The molecule has 104 valence electrons. The molecule has 0 amide bonds. The molecule has 2 aromatic heterocycles. The number of rotatable bonds is 3.